The molecule has 0 atom stereocenters. The Morgan fingerprint density at radius 1 is 1.13 bits per heavy atom. The van der Waals surface area contributed by atoms with Crippen molar-refractivity contribution >= 4 is 34.5 Å². The van der Waals surface area contributed by atoms with Crippen LogP contribution in [0, 0.1) is 19.7 Å². The molecule has 2 aromatic heterocycles. The lowest BCUT2D eigenvalue weighted by Gasteiger charge is -2.11. The van der Waals surface area contributed by atoms with Crippen LogP contribution in [0.3, 0.4) is 0 Å². The number of hydrogen-bond donors (Lipinski definition) is 1. The Kier molecular flexibility index (Phi) is 5.81. The van der Waals surface area contributed by atoms with Crippen molar-refractivity contribution in [1.82, 2.24) is 14.5 Å². The van der Waals surface area contributed by atoms with Crippen LogP contribution in [-0.2, 0) is 17.1 Å². The van der Waals surface area contributed by atoms with E-state index in [1.54, 1.807) is 18.3 Å². The minimum Gasteiger partial charge on any atom is -0.324 e. The molecule has 1 N–H and O–H groups in total. The largest absolute Gasteiger partial charge is 0.324 e. The highest BCUT2D eigenvalue weighted by Gasteiger charge is 2.16. The molecule has 0 radical (unpaired) electrons. The molecule has 0 bridgehead atoms. The number of fused-ring (bicyclic) bond motifs is 1. The van der Waals surface area contributed by atoms with E-state index in [-0.39, 0.29) is 18.3 Å². The molecule has 0 aliphatic heterocycles. The van der Waals surface area contributed by atoms with Gasteiger partial charge in [0.1, 0.15) is 17.9 Å². The van der Waals surface area contributed by atoms with Crippen molar-refractivity contribution in [2.24, 2.45) is 0 Å². The number of rotatable bonds is 6. The molecule has 0 unspecified atom stereocenters. The first-order valence-electron chi connectivity index (χ1n) is 9.55. The maximum Gasteiger partial charge on any atom is 0.244 e. The molecule has 2 heterocycles. The molecular formula is C23H21FN4OS. The van der Waals surface area contributed by atoms with Crippen LogP contribution in [-0.4, -0.2) is 20.4 Å². The van der Waals surface area contributed by atoms with E-state index >= 15 is 0 Å². The fraction of sp³-hybridized carbons (Fsp3) is 0.174. The first-order valence-corrected chi connectivity index (χ1v) is 10.5. The molecule has 30 heavy (non-hydrogen) atoms. The third-order valence-electron chi connectivity index (χ3n) is 4.72. The normalized spacial score (nSPS) is 11.0. The lowest BCUT2D eigenvalue weighted by Crippen LogP contribution is -2.20. The van der Waals surface area contributed by atoms with E-state index in [1.165, 1.54) is 23.9 Å². The summed E-state index contributed by atoms with van der Waals surface area (Å²) in [6, 6.07) is 16.1. The van der Waals surface area contributed by atoms with Crippen LogP contribution in [0.4, 0.5) is 10.1 Å². The zero-order chi connectivity index (χ0) is 21.1. The fourth-order valence-electron chi connectivity index (χ4n) is 3.12. The number of hydrogen-bond acceptors (Lipinski definition) is 4. The van der Waals surface area contributed by atoms with Crippen LogP contribution in [0.15, 0.2) is 66.0 Å². The van der Waals surface area contributed by atoms with Gasteiger partial charge in [-0.25, -0.2) is 14.4 Å². The number of amides is 1. The van der Waals surface area contributed by atoms with Gasteiger partial charge in [0.15, 0.2) is 10.8 Å². The molecule has 1 amide bonds. The number of benzene rings is 2. The summed E-state index contributed by atoms with van der Waals surface area (Å²) in [4.78, 5) is 21.9. The minimum atomic E-state index is -0.261. The summed E-state index contributed by atoms with van der Waals surface area (Å²) in [7, 11) is 0. The van der Waals surface area contributed by atoms with Crippen molar-refractivity contribution in [2.45, 2.75) is 31.3 Å². The van der Waals surface area contributed by atoms with E-state index in [1.807, 2.05) is 48.7 Å². The van der Waals surface area contributed by atoms with Crippen molar-refractivity contribution < 1.29 is 9.18 Å². The van der Waals surface area contributed by atoms with Crippen molar-refractivity contribution in [3.05, 3.63) is 83.3 Å². The summed E-state index contributed by atoms with van der Waals surface area (Å²) < 4.78 is 15.0. The fourth-order valence-corrected chi connectivity index (χ4v) is 4.08. The number of imidazole rings is 1. The zero-order valence-electron chi connectivity index (χ0n) is 16.7. The number of pyridine rings is 1. The summed E-state index contributed by atoms with van der Waals surface area (Å²) in [6.45, 7) is 4.06. The van der Waals surface area contributed by atoms with Crippen LogP contribution in [0.25, 0.3) is 11.2 Å². The van der Waals surface area contributed by atoms with Gasteiger partial charge in [0.25, 0.3) is 0 Å². The van der Waals surface area contributed by atoms with E-state index < -0.39 is 0 Å². The number of carbonyl (C=O) groups is 1. The van der Waals surface area contributed by atoms with Crippen LogP contribution >= 0.6 is 11.8 Å². The number of anilines is 1. The molecule has 4 aromatic rings. The zero-order valence-corrected chi connectivity index (χ0v) is 17.5. The lowest BCUT2D eigenvalue weighted by atomic mass is 10.1. The first kappa shape index (κ1) is 20.1. The van der Waals surface area contributed by atoms with Gasteiger partial charge in [-0.3, -0.25) is 9.36 Å². The predicted molar refractivity (Wildman–Crippen MR) is 118 cm³/mol. The molecule has 0 saturated heterocycles. The predicted octanol–water partition coefficient (Wildman–Crippen LogP) is 5.12. The SMILES string of the molecule is Cc1ccc(C)c(NC(=O)Cn2c(SCc3ccc(F)cc3)nc3cccnc32)c1. The van der Waals surface area contributed by atoms with Crippen LogP contribution < -0.4 is 5.32 Å². The average Bonchev–Trinajstić information content (AvgIpc) is 3.08. The molecule has 4 rings (SSSR count). The van der Waals surface area contributed by atoms with Gasteiger partial charge in [-0.2, -0.15) is 0 Å². The van der Waals surface area contributed by atoms with Crippen LogP contribution in [0.2, 0.25) is 0 Å². The van der Waals surface area contributed by atoms with Gasteiger partial charge in [-0.05, 0) is 60.9 Å². The van der Waals surface area contributed by atoms with E-state index in [4.69, 9.17) is 0 Å². The van der Waals surface area contributed by atoms with Crippen molar-refractivity contribution in [3.8, 4) is 0 Å². The second-order valence-electron chi connectivity index (χ2n) is 7.11. The van der Waals surface area contributed by atoms with Gasteiger partial charge in [0, 0.05) is 17.6 Å². The molecule has 2 aromatic carbocycles. The highest BCUT2D eigenvalue weighted by molar-refractivity contribution is 7.98. The molecule has 0 spiro atoms. The van der Waals surface area contributed by atoms with Crippen molar-refractivity contribution in [2.75, 3.05) is 5.32 Å². The Labute approximate surface area is 178 Å². The summed E-state index contributed by atoms with van der Waals surface area (Å²) in [6.07, 6.45) is 1.69. The number of nitrogens with zero attached hydrogens (tertiary/aromatic N) is 3. The standard InChI is InChI=1S/C23H21FN4OS/c1-15-5-6-16(2)20(12-15)26-21(29)13-28-22-19(4-3-11-25-22)27-23(28)30-14-17-7-9-18(24)10-8-17/h3-12H,13-14H2,1-2H3,(H,26,29). The molecule has 5 nitrogen and oxygen atoms in total. The highest BCUT2D eigenvalue weighted by atomic mass is 32.2. The van der Waals surface area contributed by atoms with Crippen LogP contribution in [0.5, 0.6) is 0 Å². The Balaban J connectivity index is 1.57. The highest BCUT2D eigenvalue weighted by Crippen LogP contribution is 2.26. The quantitative estimate of drug-likeness (QED) is 0.440. The summed E-state index contributed by atoms with van der Waals surface area (Å²) >= 11 is 1.50. The number of aryl methyl sites for hydroxylation is 2. The number of aromatic nitrogens is 3. The smallest absolute Gasteiger partial charge is 0.244 e. The van der Waals surface area contributed by atoms with E-state index in [9.17, 15) is 9.18 Å². The molecule has 0 saturated carbocycles. The number of nitrogens with one attached hydrogen (secondary N) is 1. The third kappa shape index (κ3) is 4.52. The Hall–Kier alpha value is -3.19. The van der Waals surface area contributed by atoms with E-state index in [0.717, 1.165) is 27.9 Å². The topological polar surface area (TPSA) is 59.8 Å². The van der Waals surface area contributed by atoms with Crippen molar-refractivity contribution in [1.29, 1.82) is 0 Å². The molecule has 152 valence electrons. The van der Waals surface area contributed by atoms with Crippen molar-refractivity contribution in [3.63, 3.8) is 0 Å². The average molecular weight is 421 g/mol. The summed E-state index contributed by atoms with van der Waals surface area (Å²) in [5.74, 6) is 0.211. The number of carbonyl (C=O) groups excluding carboxylic acids is 1. The van der Waals surface area contributed by atoms with Gasteiger partial charge >= 0.3 is 0 Å². The molecule has 0 aliphatic carbocycles. The Bertz CT molecular complexity index is 1200. The summed E-state index contributed by atoms with van der Waals surface area (Å²) in [5.41, 5.74) is 5.27. The van der Waals surface area contributed by atoms with Gasteiger partial charge in [0.2, 0.25) is 5.91 Å². The van der Waals surface area contributed by atoms with Crippen LogP contribution in [0.1, 0.15) is 16.7 Å². The number of thioether (sulfide) groups is 1. The van der Waals surface area contributed by atoms with E-state index in [2.05, 4.69) is 15.3 Å². The first-order chi connectivity index (χ1) is 14.5. The van der Waals surface area contributed by atoms with Gasteiger partial charge in [-0.1, -0.05) is 36.0 Å². The van der Waals surface area contributed by atoms with Gasteiger partial charge in [-0.15, -0.1) is 0 Å². The lowest BCUT2D eigenvalue weighted by molar-refractivity contribution is -0.116. The minimum absolute atomic E-state index is 0.104. The molecule has 0 aliphatic rings. The third-order valence-corrected chi connectivity index (χ3v) is 5.77. The molecular weight excluding hydrogens is 399 g/mol. The van der Waals surface area contributed by atoms with Gasteiger partial charge in [0.05, 0.1) is 0 Å². The second kappa shape index (κ2) is 8.67. The Morgan fingerprint density at radius 3 is 2.73 bits per heavy atom. The maximum atomic E-state index is 13.2. The Morgan fingerprint density at radius 2 is 1.93 bits per heavy atom. The molecule has 7 heteroatoms. The second-order valence-corrected chi connectivity index (χ2v) is 8.05. The molecule has 0 fully saturated rings. The van der Waals surface area contributed by atoms with Gasteiger partial charge < -0.3 is 5.32 Å². The van der Waals surface area contributed by atoms with E-state index in [0.29, 0.717) is 16.6 Å². The number of halogens is 1. The summed E-state index contributed by atoms with van der Waals surface area (Å²) in [5, 5.41) is 3.69. The maximum absolute atomic E-state index is 13.2. The monoisotopic (exact) mass is 420 g/mol.